The third kappa shape index (κ3) is 2.39. The van der Waals surface area contributed by atoms with Crippen LogP contribution < -0.4 is 5.32 Å². The maximum atomic E-state index is 4.24. The summed E-state index contributed by atoms with van der Waals surface area (Å²) in [6.45, 7) is 5.80. The van der Waals surface area contributed by atoms with E-state index in [0.29, 0.717) is 0 Å². The van der Waals surface area contributed by atoms with Crippen LogP contribution in [0.4, 0.5) is 5.82 Å². The SMILES string of the molecule is CCNc1cc(Cn2ccnc2C)ccn1. The maximum Gasteiger partial charge on any atom is 0.126 e. The maximum absolute atomic E-state index is 4.24. The first-order valence-corrected chi connectivity index (χ1v) is 5.46. The molecular formula is C12H16N4. The second-order valence-electron chi connectivity index (χ2n) is 3.68. The molecular weight excluding hydrogens is 200 g/mol. The number of nitrogens with zero attached hydrogens (tertiary/aromatic N) is 3. The molecule has 0 fully saturated rings. The van der Waals surface area contributed by atoms with Gasteiger partial charge in [-0.1, -0.05) is 0 Å². The third-order valence-electron chi connectivity index (χ3n) is 2.46. The Bertz CT molecular complexity index is 462. The fraction of sp³-hybridized carbons (Fsp3) is 0.333. The Kier molecular flexibility index (Phi) is 3.19. The predicted molar refractivity (Wildman–Crippen MR) is 64.5 cm³/mol. The van der Waals surface area contributed by atoms with E-state index in [4.69, 9.17) is 0 Å². The van der Waals surface area contributed by atoms with E-state index in [1.54, 1.807) is 0 Å². The molecule has 4 nitrogen and oxygen atoms in total. The van der Waals surface area contributed by atoms with Gasteiger partial charge in [-0.2, -0.15) is 0 Å². The van der Waals surface area contributed by atoms with Gasteiger partial charge in [0.15, 0.2) is 0 Å². The zero-order valence-electron chi connectivity index (χ0n) is 9.64. The lowest BCUT2D eigenvalue weighted by atomic mass is 10.2. The van der Waals surface area contributed by atoms with E-state index < -0.39 is 0 Å². The van der Waals surface area contributed by atoms with Gasteiger partial charge in [-0.25, -0.2) is 9.97 Å². The van der Waals surface area contributed by atoms with Crippen molar-refractivity contribution < 1.29 is 0 Å². The van der Waals surface area contributed by atoms with Gasteiger partial charge in [0, 0.05) is 31.7 Å². The van der Waals surface area contributed by atoms with Crippen LogP contribution in [0.5, 0.6) is 0 Å². The van der Waals surface area contributed by atoms with Gasteiger partial charge < -0.3 is 9.88 Å². The topological polar surface area (TPSA) is 42.7 Å². The number of nitrogens with one attached hydrogen (secondary N) is 1. The molecule has 84 valence electrons. The smallest absolute Gasteiger partial charge is 0.126 e. The molecule has 0 aromatic carbocycles. The summed E-state index contributed by atoms with van der Waals surface area (Å²) in [5.74, 6) is 1.96. The highest BCUT2D eigenvalue weighted by Gasteiger charge is 2.00. The number of hydrogen-bond acceptors (Lipinski definition) is 3. The molecule has 0 amide bonds. The van der Waals surface area contributed by atoms with Gasteiger partial charge >= 0.3 is 0 Å². The first kappa shape index (κ1) is 10.7. The molecule has 2 heterocycles. The quantitative estimate of drug-likeness (QED) is 0.850. The van der Waals surface area contributed by atoms with Crippen molar-refractivity contribution in [2.75, 3.05) is 11.9 Å². The summed E-state index contributed by atoms with van der Waals surface area (Å²) in [5, 5.41) is 3.21. The van der Waals surface area contributed by atoms with Crippen molar-refractivity contribution in [1.29, 1.82) is 0 Å². The van der Waals surface area contributed by atoms with Crippen molar-refractivity contribution in [2.45, 2.75) is 20.4 Å². The lowest BCUT2D eigenvalue weighted by Gasteiger charge is -2.07. The van der Waals surface area contributed by atoms with Crippen molar-refractivity contribution >= 4 is 5.82 Å². The summed E-state index contributed by atoms with van der Waals surface area (Å²) >= 11 is 0. The van der Waals surface area contributed by atoms with Gasteiger partial charge in [0.2, 0.25) is 0 Å². The molecule has 0 spiro atoms. The van der Waals surface area contributed by atoms with E-state index in [9.17, 15) is 0 Å². The molecule has 0 aliphatic rings. The number of aryl methyl sites for hydroxylation is 1. The van der Waals surface area contributed by atoms with E-state index >= 15 is 0 Å². The third-order valence-corrected chi connectivity index (χ3v) is 2.46. The zero-order valence-corrected chi connectivity index (χ0v) is 9.64. The van der Waals surface area contributed by atoms with E-state index in [0.717, 1.165) is 24.7 Å². The van der Waals surface area contributed by atoms with Crippen LogP contribution in [0.15, 0.2) is 30.7 Å². The van der Waals surface area contributed by atoms with Gasteiger partial charge in [-0.15, -0.1) is 0 Å². The van der Waals surface area contributed by atoms with Crippen LogP contribution in [0.2, 0.25) is 0 Å². The minimum atomic E-state index is 0.840. The molecule has 0 atom stereocenters. The van der Waals surface area contributed by atoms with Crippen molar-refractivity contribution in [1.82, 2.24) is 14.5 Å². The van der Waals surface area contributed by atoms with Crippen LogP contribution in [0.1, 0.15) is 18.3 Å². The lowest BCUT2D eigenvalue weighted by Crippen LogP contribution is -2.03. The van der Waals surface area contributed by atoms with Crippen LogP contribution in [0.3, 0.4) is 0 Å². The summed E-state index contributed by atoms with van der Waals surface area (Å²) in [6.07, 6.45) is 5.64. The summed E-state index contributed by atoms with van der Waals surface area (Å²) < 4.78 is 2.12. The fourth-order valence-electron chi connectivity index (χ4n) is 1.62. The van der Waals surface area contributed by atoms with E-state index in [1.165, 1.54) is 5.56 Å². The highest BCUT2D eigenvalue weighted by molar-refractivity contribution is 5.37. The second-order valence-corrected chi connectivity index (χ2v) is 3.68. The van der Waals surface area contributed by atoms with E-state index in [1.807, 2.05) is 31.6 Å². The lowest BCUT2D eigenvalue weighted by molar-refractivity contribution is 0.760. The molecule has 1 N–H and O–H groups in total. The minimum Gasteiger partial charge on any atom is -0.370 e. The van der Waals surface area contributed by atoms with Crippen LogP contribution in [-0.4, -0.2) is 21.1 Å². The molecule has 0 bridgehead atoms. The Balaban J connectivity index is 2.15. The normalized spacial score (nSPS) is 10.4. The molecule has 0 radical (unpaired) electrons. The average Bonchev–Trinajstić information content (AvgIpc) is 2.66. The average molecular weight is 216 g/mol. The summed E-state index contributed by atoms with van der Waals surface area (Å²) in [7, 11) is 0. The Labute approximate surface area is 95.4 Å². The highest BCUT2D eigenvalue weighted by Crippen LogP contribution is 2.09. The molecule has 0 unspecified atom stereocenters. The van der Waals surface area contributed by atoms with Crippen molar-refractivity contribution in [3.63, 3.8) is 0 Å². The number of pyridine rings is 1. The van der Waals surface area contributed by atoms with Crippen molar-refractivity contribution in [3.05, 3.63) is 42.1 Å². The number of aromatic nitrogens is 3. The van der Waals surface area contributed by atoms with E-state index in [-0.39, 0.29) is 0 Å². The summed E-state index contributed by atoms with van der Waals surface area (Å²) in [4.78, 5) is 8.45. The number of imidazole rings is 1. The van der Waals surface area contributed by atoms with Crippen LogP contribution >= 0.6 is 0 Å². The molecule has 4 heteroatoms. The van der Waals surface area contributed by atoms with Gasteiger partial charge in [0.1, 0.15) is 11.6 Å². The molecule has 0 aliphatic heterocycles. The van der Waals surface area contributed by atoms with Gasteiger partial charge in [0.05, 0.1) is 0 Å². The van der Waals surface area contributed by atoms with E-state index in [2.05, 4.69) is 32.8 Å². The molecule has 0 aliphatic carbocycles. The van der Waals surface area contributed by atoms with Crippen LogP contribution in [0, 0.1) is 6.92 Å². The fourth-order valence-corrected chi connectivity index (χ4v) is 1.62. The summed E-state index contributed by atoms with van der Waals surface area (Å²) in [5.41, 5.74) is 1.23. The number of hydrogen-bond donors (Lipinski definition) is 1. The van der Waals surface area contributed by atoms with Gasteiger partial charge in [0.25, 0.3) is 0 Å². The van der Waals surface area contributed by atoms with Crippen LogP contribution in [0.25, 0.3) is 0 Å². The second kappa shape index (κ2) is 4.79. The van der Waals surface area contributed by atoms with Gasteiger partial charge in [-0.3, -0.25) is 0 Å². The Morgan fingerprint density at radius 1 is 1.31 bits per heavy atom. The first-order chi connectivity index (χ1) is 7.79. The predicted octanol–water partition coefficient (Wildman–Crippen LogP) is 2.07. The Morgan fingerprint density at radius 3 is 2.88 bits per heavy atom. The number of rotatable bonds is 4. The first-order valence-electron chi connectivity index (χ1n) is 5.46. The van der Waals surface area contributed by atoms with Crippen LogP contribution in [-0.2, 0) is 6.54 Å². The molecule has 2 aromatic heterocycles. The Morgan fingerprint density at radius 2 is 2.19 bits per heavy atom. The molecule has 2 rings (SSSR count). The standard InChI is InChI=1S/C12H16N4/c1-3-13-12-8-11(4-5-15-12)9-16-7-6-14-10(16)2/h4-8H,3,9H2,1-2H3,(H,13,15). The molecule has 2 aromatic rings. The molecule has 0 saturated carbocycles. The van der Waals surface area contributed by atoms with Crippen molar-refractivity contribution in [2.24, 2.45) is 0 Å². The minimum absolute atomic E-state index is 0.840. The largest absolute Gasteiger partial charge is 0.370 e. The van der Waals surface area contributed by atoms with Crippen molar-refractivity contribution in [3.8, 4) is 0 Å². The zero-order chi connectivity index (χ0) is 11.4. The summed E-state index contributed by atoms with van der Waals surface area (Å²) in [6, 6.07) is 4.10. The number of anilines is 1. The Hall–Kier alpha value is -1.84. The highest BCUT2D eigenvalue weighted by atomic mass is 15.1. The molecule has 16 heavy (non-hydrogen) atoms. The monoisotopic (exact) mass is 216 g/mol. The van der Waals surface area contributed by atoms with Gasteiger partial charge in [-0.05, 0) is 31.5 Å². The molecule has 0 saturated heterocycles.